The maximum Gasteiger partial charge on any atom is 0.255 e. The molecule has 0 fully saturated rings. The summed E-state index contributed by atoms with van der Waals surface area (Å²) in [6.45, 7) is 1.89. The summed E-state index contributed by atoms with van der Waals surface area (Å²) in [5.41, 5.74) is 1.07. The van der Waals surface area contributed by atoms with Gasteiger partial charge in [-0.25, -0.2) is 15.0 Å². The Bertz CT molecular complexity index is 1240. The number of methoxy groups -OCH3 is 2. The number of aromatic nitrogens is 4. The lowest BCUT2D eigenvalue weighted by molar-refractivity contribution is 0.102. The SMILES string of the molecule is COc1ccc(C(=O)Nc2ccc(Oc3cc(-n4ccnc4C)ncn3)cc2)cc1OC. The lowest BCUT2D eigenvalue weighted by atomic mass is 10.2. The molecule has 9 heteroatoms. The van der Waals surface area contributed by atoms with Crippen molar-refractivity contribution < 1.29 is 19.0 Å². The van der Waals surface area contributed by atoms with Gasteiger partial charge < -0.3 is 19.5 Å². The van der Waals surface area contributed by atoms with E-state index in [0.29, 0.717) is 40.2 Å². The molecule has 0 aliphatic carbocycles. The molecule has 0 saturated carbocycles. The second-order valence-corrected chi connectivity index (χ2v) is 6.71. The molecule has 1 amide bonds. The molecule has 0 bridgehead atoms. The van der Waals surface area contributed by atoms with Crippen LogP contribution in [0.1, 0.15) is 16.2 Å². The van der Waals surface area contributed by atoms with Crippen molar-refractivity contribution in [2.45, 2.75) is 6.92 Å². The van der Waals surface area contributed by atoms with Crippen LogP contribution in [-0.4, -0.2) is 39.6 Å². The molecule has 0 spiro atoms. The minimum atomic E-state index is -0.268. The van der Waals surface area contributed by atoms with Crippen molar-refractivity contribution in [3.8, 4) is 28.9 Å². The lowest BCUT2D eigenvalue weighted by Crippen LogP contribution is -2.12. The van der Waals surface area contributed by atoms with Crippen molar-refractivity contribution in [3.05, 3.63) is 78.6 Å². The number of nitrogens with one attached hydrogen (secondary N) is 1. The number of benzene rings is 2. The molecule has 4 rings (SSSR count). The zero-order chi connectivity index (χ0) is 22.5. The van der Waals surface area contributed by atoms with Gasteiger partial charge in [0.1, 0.15) is 23.7 Å². The normalized spacial score (nSPS) is 10.5. The van der Waals surface area contributed by atoms with E-state index in [1.54, 1.807) is 61.8 Å². The van der Waals surface area contributed by atoms with Gasteiger partial charge in [0.05, 0.1) is 14.2 Å². The van der Waals surface area contributed by atoms with Crippen molar-refractivity contribution in [2.24, 2.45) is 0 Å². The smallest absolute Gasteiger partial charge is 0.255 e. The van der Waals surface area contributed by atoms with Crippen molar-refractivity contribution in [1.29, 1.82) is 0 Å². The number of hydrogen-bond donors (Lipinski definition) is 1. The van der Waals surface area contributed by atoms with E-state index in [-0.39, 0.29) is 5.91 Å². The lowest BCUT2D eigenvalue weighted by Gasteiger charge is -2.11. The highest BCUT2D eigenvalue weighted by Crippen LogP contribution is 2.28. The molecular formula is C23H21N5O4. The maximum atomic E-state index is 12.6. The van der Waals surface area contributed by atoms with Crippen LogP contribution < -0.4 is 19.5 Å². The van der Waals surface area contributed by atoms with Crippen LogP contribution in [0, 0.1) is 6.92 Å². The number of imidazole rings is 1. The first-order valence-electron chi connectivity index (χ1n) is 9.71. The number of anilines is 1. The van der Waals surface area contributed by atoms with E-state index in [1.807, 2.05) is 17.7 Å². The summed E-state index contributed by atoms with van der Waals surface area (Å²) in [6.07, 6.45) is 4.95. The van der Waals surface area contributed by atoms with Crippen molar-refractivity contribution >= 4 is 11.6 Å². The second-order valence-electron chi connectivity index (χ2n) is 6.71. The predicted molar refractivity (Wildman–Crippen MR) is 118 cm³/mol. The number of nitrogens with zero attached hydrogens (tertiary/aromatic N) is 4. The highest BCUT2D eigenvalue weighted by Gasteiger charge is 2.11. The van der Waals surface area contributed by atoms with E-state index < -0.39 is 0 Å². The Morgan fingerprint density at radius 2 is 1.72 bits per heavy atom. The summed E-state index contributed by atoms with van der Waals surface area (Å²) < 4.78 is 18.1. The van der Waals surface area contributed by atoms with Gasteiger partial charge in [-0.05, 0) is 49.4 Å². The van der Waals surface area contributed by atoms with E-state index in [2.05, 4.69) is 20.3 Å². The summed E-state index contributed by atoms with van der Waals surface area (Å²) >= 11 is 0. The van der Waals surface area contributed by atoms with E-state index in [4.69, 9.17) is 14.2 Å². The minimum absolute atomic E-state index is 0.268. The molecule has 0 unspecified atom stereocenters. The number of amides is 1. The maximum absolute atomic E-state index is 12.6. The Morgan fingerprint density at radius 1 is 0.938 bits per heavy atom. The molecule has 0 aliphatic heterocycles. The zero-order valence-corrected chi connectivity index (χ0v) is 17.8. The van der Waals surface area contributed by atoms with Crippen LogP contribution in [0.15, 0.2) is 67.3 Å². The first-order valence-corrected chi connectivity index (χ1v) is 9.71. The van der Waals surface area contributed by atoms with E-state index in [0.717, 1.165) is 5.82 Å². The fraction of sp³-hybridized carbons (Fsp3) is 0.130. The van der Waals surface area contributed by atoms with Crippen molar-refractivity contribution in [3.63, 3.8) is 0 Å². The van der Waals surface area contributed by atoms with Gasteiger partial charge in [-0.3, -0.25) is 9.36 Å². The largest absolute Gasteiger partial charge is 0.493 e. The van der Waals surface area contributed by atoms with Crippen LogP contribution in [0.4, 0.5) is 5.69 Å². The molecule has 4 aromatic rings. The van der Waals surface area contributed by atoms with Crippen molar-refractivity contribution in [2.75, 3.05) is 19.5 Å². The average Bonchev–Trinajstić information content (AvgIpc) is 3.26. The Labute approximate surface area is 184 Å². The number of carbonyl (C=O) groups is 1. The standard InChI is InChI=1S/C23H21N5O4/c1-15-24-10-11-28(15)21-13-22(26-14-25-21)32-18-7-5-17(6-8-18)27-23(29)16-4-9-19(30-2)20(12-16)31-3/h4-14H,1-3H3,(H,27,29). The van der Waals surface area contributed by atoms with Crippen molar-refractivity contribution in [1.82, 2.24) is 19.5 Å². The molecule has 2 aromatic carbocycles. The average molecular weight is 431 g/mol. The van der Waals surface area contributed by atoms with Crippen LogP contribution >= 0.6 is 0 Å². The third kappa shape index (κ3) is 4.51. The van der Waals surface area contributed by atoms with Crippen LogP contribution in [0.2, 0.25) is 0 Å². The van der Waals surface area contributed by atoms with E-state index in [1.165, 1.54) is 13.4 Å². The van der Waals surface area contributed by atoms with Gasteiger partial charge >= 0.3 is 0 Å². The Hall–Kier alpha value is -4.40. The number of carbonyl (C=O) groups excluding carboxylic acids is 1. The molecular weight excluding hydrogens is 410 g/mol. The quantitative estimate of drug-likeness (QED) is 0.471. The fourth-order valence-corrected chi connectivity index (χ4v) is 3.05. The zero-order valence-electron chi connectivity index (χ0n) is 17.8. The van der Waals surface area contributed by atoms with Gasteiger partial charge in [-0.1, -0.05) is 0 Å². The highest BCUT2D eigenvalue weighted by atomic mass is 16.5. The van der Waals surface area contributed by atoms with Crippen LogP contribution in [0.3, 0.4) is 0 Å². The van der Waals surface area contributed by atoms with Gasteiger partial charge in [-0.2, -0.15) is 0 Å². The fourth-order valence-electron chi connectivity index (χ4n) is 3.05. The Balaban J connectivity index is 1.44. The van der Waals surface area contributed by atoms with E-state index in [9.17, 15) is 4.79 Å². The van der Waals surface area contributed by atoms with Gasteiger partial charge in [-0.15, -0.1) is 0 Å². The van der Waals surface area contributed by atoms with Gasteiger partial charge in [0.2, 0.25) is 5.88 Å². The second kappa shape index (κ2) is 9.17. The van der Waals surface area contributed by atoms with Crippen LogP contribution in [0.5, 0.6) is 23.1 Å². The molecule has 0 aliphatic rings. The number of aryl methyl sites for hydroxylation is 1. The molecule has 162 valence electrons. The summed E-state index contributed by atoms with van der Waals surface area (Å²) in [4.78, 5) is 25.2. The molecule has 0 radical (unpaired) electrons. The molecule has 1 N–H and O–H groups in total. The summed E-state index contributed by atoms with van der Waals surface area (Å²) in [5.74, 6) is 3.20. The molecule has 32 heavy (non-hydrogen) atoms. The number of ether oxygens (including phenoxy) is 3. The summed E-state index contributed by atoms with van der Waals surface area (Å²) in [5, 5.41) is 2.85. The Kier molecular flexibility index (Phi) is 5.98. The predicted octanol–water partition coefficient (Wildman–Crippen LogP) is 4.03. The van der Waals surface area contributed by atoms with Crippen LogP contribution in [0.25, 0.3) is 5.82 Å². The van der Waals surface area contributed by atoms with Gasteiger partial charge in [0.15, 0.2) is 11.5 Å². The number of rotatable bonds is 7. The first kappa shape index (κ1) is 20.9. The highest BCUT2D eigenvalue weighted by molar-refractivity contribution is 6.04. The molecule has 2 aromatic heterocycles. The van der Waals surface area contributed by atoms with Gasteiger partial charge in [0.25, 0.3) is 5.91 Å². The molecule has 0 atom stereocenters. The monoisotopic (exact) mass is 431 g/mol. The summed E-state index contributed by atoms with van der Waals surface area (Å²) in [7, 11) is 3.07. The third-order valence-corrected chi connectivity index (χ3v) is 4.68. The summed E-state index contributed by atoms with van der Waals surface area (Å²) in [6, 6.07) is 13.7. The number of hydrogen-bond acceptors (Lipinski definition) is 7. The third-order valence-electron chi connectivity index (χ3n) is 4.68. The molecule has 2 heterocycles. The van der Waals surface area contributed by atoms with E-state index >= 15 is 0 Å². The molecule has 9 nitrogen and oxygen atoms in total. The minimum Gasteiger partial charge on any atom is -0.493 e. The van der Waals surface area contributed by atoms with Gasteiger partial charge in [0, 0.05) is 29.7 Å². The molecule has 0 saturated heterocycles. The van der Waals surface area contributed by atoms with Crippen LogP contribution in [-0.2, 0) is 0 Å². The first-order chi connectivity index (χ1) is 15.6. The topological polar surface area (TPSA) is 100 Å². The Morgan fingerprint density at radius 3 is 2.41 bits per heavy atom.